The van der Waals surface area contributed by atoms with Gasteiger partial charge in [-0.1, -0.05) is 0 Å². The Morgan fingerprint density at radius 2 is 2.12 bits per heavy atom. The normalized spacial score (nSPS) is 14.1. The minimum atomic E-state index is -0.389. The smallest absolute Gasteiger partial charge is 0.164 e. The van der Waals surface area contributed by atoms with Gasteiger partial charge in [0.2, 0.25) is 0 Å². The van der Waals surface area contributed by atoms with E-state index in [1.807, 2.05) is 26.0 Å². The standard InChI is InChI=1S/C13H20N2O2/c1-13(2,8-14)17-12-7-10-9(4-5-15-10)6-11(12)16-3/h6-7,15H,4-5,8,14H2,1-3H3. The highest BCUT2D eigenvalue weighted by molar-refractivity contribution is 5.63. The van der Waals surface area contributed by atoms with Crippen molar-refractivity contribution in [1.82, 2.24) is 0 Å². The first-order valence-corrected chi connectivity index (χ1v) is 5.89. The topological polar surface area (TPSA) is 56.5 Å². The Hall–Kier alpha value is -1.42. The molecule has 0 bridgehead atoms. The maximum atomic E-state index is 5.91. The van der Waals surface area contributed by atoms with E-state index < -0.39 is 0 Å². The van der Waals surface area contributed by atoms with Crippen molar-refractivity contribution < 1.29 is 9.47 Å². The van der Waals surface area contributed by atoms with Crippen LogP contribution in [-0.2, 0) is 6.42 Å². The summed E-state index contributed by atoms with van der Waals surface area (Å²) in [5, 5.41) is 3.33. The zero-order valence-corrected chi connectivity index (χ0v) is 10.7. The summed E-state index contributed by atoms with van der Waals surface area (Å²) in [5.41, 5.74) is 7.70. The van der Waals surface area contributed by atoms with Gasteiger partial charge in [0.15, 0.2) is 11.5 Å². The Labute approximate surface area is 102 Å². The van der Waals surface area contributed by atoms with Crippen LogP contribution in [0.5, 0.6) is 11.5 Å². The molecule has 1 aromatic rings. The largest absolute Gasteiger partial charge is 0.493 e. The summed E-state index contributed by atoms with van der Waals surface area (Å²) in [6.07, 6.45) is 1.03. The molecule has 0 saturated heterocycles. The van der Waals surface area contributed by atoms with Crippen LogP contribution in [0.1, 0.15) is 19.4 Å². The van der Waals surface area contributed by atoms with Gasteiger partial charge in [0, 0.05) is 24.8 Å². The number of rotatable bonds is 4. The van der Waals surface area contributed by atoms with Gasteiger partial charge >= 0.3 is 0 Å². The highest BCUT2D eigenvalue weighted by Gasteiger charge is 2.22. The second-order valence-corrected chi connectivity index (χ2v) is 4.90. The van der Waals surface area contributed by atoms with E-state index in [1.54, 1.807) is 7.11 Å². The Kier molecular flexibility index (Phi) is 3.15. The zero-order valence-electron chi connectivity index (χ0n) is 10.7. The van der Waals surface area contributed by atoms with Crippen LogP contribution >= 0.6 is 0 Å². The summed E-state index contributed by atoms with van der Waals surface area (Å²) in [6, 6.07) is 4.04. The number of hydrogen-bond acceptors (Lipinski definition) is 4. The van der Waals surface area contributed by atoms with Crippen molar-refractivity contribution >= 4 is 5.69 Å². The predicted octanol–water partition coefficient (Wildman–Crippen LogP) is 1.78. The van der Waals surface area contributed by atoms with Crippen molar-refractivity contribution in [3.05, 3.63) is 17.7 Å². The average Bonchev–Trinajstić information content (AvgIpc) is 2.74. The monoisotopic (exact) mass is 236 g/mol. The van der Waals surface area contributed by atoms with Crippen molar-refractivity contribution in [2.75, 3.05) is 25.5 Å². The summed E-state index contributed by atoms with van der Waals surface area (Å²) in [4.78, 5) is 0. The second kappa shape index (κ2) is 4.45. The number of ether oxygens (including phenoxy) is 2. The molecule has 0 radical (unpaired) electrons. The first-order chi connectivity index (χ1) is 8.05. The summed E-state index contributed by atoms with van der Waals surface area (Å²) in [6.45, 7) is 5.36. The number of benzene rings is 1. The Balaban J connectivity index is 2.33. The predicted molar refractivity (Wildman–Crippen MR) is 68.9 cm³/mol. The molecule has 3 N–H and O–H groups in total. The van der Waals surface area contributed by atoms with Crippen LogP contribution in [-0.4, -0.2) is 25.8 Å². The van der Waals surface area contributed by atoms with Crippen molar-refractivity contribution in [2.45, 2.75) is 25.9 Å². The summed E-state index contributed by atoms with van der Waals surface area (Å²) >= 11 is 0. The molecule has 1 heterocycles. The van der Waals surface area contributed by atoms with Crippen LogP contribution in [0, 0.1) is 0 Å². The van der Waals surface area contributed by atoms with E-state index in [4.69, 9.17) is 15.2 Å². The lowest BCUT2D eigenvalue weighted by Gasteiger charge is -2.26. The fourth-order valence-corrected chi connectivity index (χ4v) is 1.88. The highest BCUT2D eigenvalue weighted by Crippen LogP contribution is 2.37. The molecule has 94 valence electrons. The number of nitrogens with two attached hydrogens (primary N) is 1. The van der Waals surface area contributed by atoms with E-state index >= 15 is 0 Å². The molecule has 0 aliphatic carbocycles. The molecule has 1 aliphatic rings. The summed E-state index contributed by atoms with van der Waals surface area (Å²) in [5.74, 6) is 1.52. The number of methoxy groups -OCH3 is 1. The Morgan fingerprint density at radius 1 is 1.35 bits per heavy atom. The molecule has 0 spiro atoms. The van der Waals surface area contributed by atoms with Gasteiger partial charge in [-0.3, -0.25) is 0 Å². The van der Waals surface area contributed by atoms with Gasteiger partial charge in [-0.15, -0.1) is 0 Å². The van der Waals surface area contributed by atoms with Crippen LogP contribution < -0.4 is 20.5 Å². The fraction of sp³-hybridized carbons (Fsp3) is 0.538. The molecular weight excluding hydrogens is 216 g/mol. The first-order valence-electron chi connectivity index (χ1n) is 5.89. The van der Waals surface area contributed by atoms with Crippen molar-refractivity contribution in [3.8, 4) is 11.5 Å². The van der Waals surface area contributed by atoms with Crippen molar-refractivity contribution in [3.63, 3.8) is 0 Å². The third-order valence-corrected chi connectivity index (χ3v) is 2.98. The molecule has 4 heteroatoms. The minimum Gasteiger partial charge on any atom is -0.493 e. The Morgan fingerprint density at radius 3 is 2.76 bits per heavy atom. The van der Waals surface area contributed by atoms with Gasteiger partial charge < -0.3 is 20.5 Å². The quantitative estimate of drug-likeness (QED) is 0.836. The summed E-state index contributed by atoms with van der Waals surface area (Å²) in [7, 11) is 1.66. The molecule has 2 rings (SSSR count). The Bertz CT molecular complexity index is 416. The van der Waals surface area contributed by atoms with E-state index in [2.05, 4.69) is 5.32 Å². The van der Waals surface area contributed by atoms with Crippen LogP contribution in [0.3, 0.4) is 0 Å². The number of nitrogens with one attached hydrogen (secondary N) is 1. The molecule has 0 unspecified atom stereocenters. The SMILES string of the molecule is COc1cc2c(cc1OC(C)(C)CN)NCC2. The van der Waals surface area contributed by atoms with Gasteiger partial charge in [-0.25, -0.2) is 0 Å². The third-order valence-electron chi connectivity index (χ3n) is 2.98. The van der Waals surface area contributed by atoms with Gasteiger partial charge in [0.05, 0.1) is 7.11 Å². The lowest BCUT2D eigenvalue weighted by molar-refractivity contribution is 0.114. The zero-order chi connectivity index (χ0) is 12.5. The molecule has 0 aromatic heterocycles. The maximum absolute atomic E-state index is 5.91. The first kappa shape index (κ1) is 12.0. The molecule has 0 saturated carbocycles. The van der Waals surface area contributed by atoms with Crippen LogP contribution in [0.2, 0.25) is 0 Å². The van der Waals surface area contributed by atoms with E-state index in [-0.39, 0.29) is 5.60 Å². The second-order valence-electron chi connectivity index (χ2n) is 4.90. The van der Waals surface area contributed by atoms with E-state index in [0.717, 1.165) is 30.2 Å². The molecule has 0 fully saturated rings. The van der Waals surface area contributed by atoms with Gasteiger partial charge in [0.25, 0.3) is 0 Å². The molecule has 0 atom stereocenters. The number of hydrogen-bond donors (Lipinski definition) is 2. The van der Waals surface area contributed by atoms with Crippen molar-refractivity contribution in [1.29, 1.82) is 0 Å². The number of anilines is 1. The molecule has 1 aromatic carbocycles. The van der Waals surface area contributed by atoms with Crippen LogP contribution in [0.15, 0.2) is 12.1 Å². The lowest BCUT2D eigenvalue weighted by atomic mass is 10.1. The van der Waals surface area contributed by atoms with Crippen molar-refractivity contribution in [2.24, 2.45) is 5.73 Å². The molecule has 1 aliphatic heterocycles. The maximum Gasteiger partial charge on any atom is 0.164 e. The van der Waals surface area contributed by atoms with E-state index in [1.165, 1.54) is 5.56 Å². The number of fused-ring (bicyclic) bond motifs is 1. The van der Waals surface area contributed by atoms with E-state index in [9.17, 15) is 0 Å². The molecule has 17 heavy (non-hydrogen) atoms. The molecule has 4 nitrogen and oxygen atoms in total. The van der Waals surface area contributed by atoms with Gasteiger partial charge in [-0.2, -0.15) is 0 Å². The van der Waals surface area contributed by atoms with Gasteiger partial charge in [0.1, 0.15) is 5.60 Å². The third kappa shape index (κ3) is 2.47. The highest BCUT2D eigenvalue weighted by atomic mass is 16.5. The summed E-state index contributed by atoms with van der Waals surface area (Å²) < 4.78 is 11.3. The molecule has 0 amide bonds. The van der Waals surface area contributed by atoms with Gasteiger partial charge in [-0.05, 0) is 31.9 Å². The average molecular weight is 236 g/mol. The van der Waals surface area contributed by atoms with E-state index in [0.29, 0.717) is 6.54 Å². The molecular formula is C13H20N2O2. The fourth-order valence-electron chi connectivity index (χ4n) is 1.88. The van der Waals surface area contributed by atoms with Crippen LogP contribution in [0.25, 0.3) is 0 Å². The lowest BCUT2D eigenvalue weighted by Crippen LogP contribution is -2.37. The van der Waals surface area contributed by atoms with Crippen LogP contribution in [0.4, 0.5) is 5.69 Å². The minimum absolute atomic E-state index is 0.389.